The average molecular weight is 245 g/mol. The second-order valence-corrected chi connectivity index (χ2v) is 3.84. The summed E-state index contributed by atoms with van der Waals surface area (Å²) in [4.78, 5) is 10.9. The Hall–Kier alpha value is -2.30. The molecule has 0 aliphatic heterocycles. The van der Waals surface area contributed by atoms with Gasteiger partial charge in [-0.1, -0.05) is 0 Å². The summed E-state index contributed by atoms with van der Waals surface area (Å²) in [5, 5.41) is 4.36. The van der Waals surface area contributed by atoms with Crippen LogP contribution in [0.15, 0.2) is 24.3 Å². The number of ether oxygens (including phenoxy) is 1. The molecule has 0 aliphatic carbocycles. The number of nitrogens with zero attached hydrogens (tertiary/aromatic N) is 2. The van der Waals surface area contributed by atoms with Crippen molar-refractivity contribution in [2.75, 3.05) is 12.8 Å². The maximum absolute atomic E-state index is 10.9. The Labute approximate surface area is 105 Å². The monoisotopic (exact) mass is 245 g/mol. The van der Waals surface area contributed by atoms with Gasteiger partial charge in [0.25, 0.3) is 0 Å². The Balaban J connectivity index is 2.45. The molecule has 2 N–H and O–H groups in total. The maximum Gasteiger partial charge on any atom is 0.168 e. The summed E-state index contributed by atoms with van der Waals surface area (Å²) in [5.74, 6) is 0.629. The van der Waals surface area contributed by atoms with E-state index >= 15 is 0 Å². The van der Waals surface area contributed by atoms with Gasteiger partial charge in [-0.15, -0.1) is 0 Å². The molecular formula is C13H15N3O2. The third-order valence-corrected chi connectivity index (χ3v) is 2.76. The summed E-state index contributed by atoms with van der Waals surface area (Å²) >= 11 is 0. The lowest BCUT2D eigenvalue weighted by molar-refractivity contribution is 0.111. The molecule has 2 rings (SSSR count). The number of aldehydes is 1. The van der Waals surface area contributed by atoms with Crippen molar-refractivity contribution in [3.8, 4) is 17.0 Å². The molecule has 0 bridgehead atoms. The van der Waals surface area contributed by atoms with E-state index in [4.69, 9.17) is 10.5 Å². The van der Waals surface area contributed by atoms with Crippen molar-refractivity contribution >= 4 is 12.0 Å². The topological polar surface area (TPSA) is 70.1 Å². The minimum Gasteiger partial charge on any atom is -0.495 e. The van der Waals surface area contributed by atoms with Gasteiger partial charge in [-0.3, -0.25) is 9.48 Å². The van der Waals surface area contributed by atoms with Gasteiger partial charge in [0.1, 0.15) is 11.4 Å². The molecule has 0 saturated heterocycles. The van der Waals surface area contributed by atoms with E-state index in [0.29, 0.717) is 23.7 Å². The Morgan fingerprint density at radius 3 is 2.72 bits per heavy atom. The summed E-state index contributed by atoms with van der Waals surface area (Å²) in [5.41, 5.74) is 8.55. The van der Waals surface area contributed by atoms with Crippen molar-refractivity contribution in [1.29, 1.82) is 0 Å². The van der Waals surface area contributed by atoms with Crippen molar-refractivity contribution in [3.05, 3.63) is 30.0 Å². The Bertz CT molecular complexity index is 576. The van der Waals surface area contributed by atoms with Crippen LogP contribution in [0.1, 0.15) is 17.4 Å². The maximum atomic E-state index is 10.9. The zero-order chi connectivity index (χ0) is 13.1. The van der Waals surface area contributed by atoms with E-state index in [0.717, 1.165) is 17.5 Å². The number of hydrogen-bond acceptors (Lipinski definition) is 4. The fourth-order valence-corrected chi connectivity index (χ4v) is 1.81. The highest BCUT2D eigenvalue weighted by atomic mass is 16.5. The van der Waals surface area contributed by atoms with Crippen LogP contribution in [0.2, 0.25) is 0 Å². The van der Waals surface area contributed by atoms with Gasteiger partial charge in [0.15, 0.2) is 6.29 Å². The van der Waals surface area contributed by atoms with Crippen LogP contribution in [0.5, 0.6) is 5.75 Å². The third kappa shape index (κ3) is 2.07. The summed E-state index contributed by atoms with van der Waals surface area (Å²) < 4.78 is 6.76. The van der Waals surface area contributed by atoms with Crippen LogP contribution in [-0.4, -0.2) is 23.2 Å². The molecule has 94 valence electrons. The molecule has 5 nitrogen and oxygen atoms in total. The predicted molar refractivity (Wildman–Crippen MR) is 69.7 cm³/mol. The molecule has 0 spiro atoms. The second-order valence-electron chi connectivity index (χ2n) is 3.84. The van der Waals surface area contributed by atoms with Gasteiger partial charge in [-0.25, -0.2) is 0 Å². The number of methoxy groups -OCH3 is 1. The largest absolute Gasteiger partial charge is 0.495 e. The van der Waals surface area contributed by atoms with Gasteiger partial charge in [0, 0.05) is 12.1 Å². The lowest BCUT2D eigenvalue weighted by Crippen LogP contribution is -2.01. The summed E-state index contributed by atoms with van der Waals surface area (Å²) in [6.07, 6.45) is 0.798. The predicted octanol–water partition coefficient (Wildman–Crippen LogP) is 1.97. The number of nitrogens with two attached hydrogens (primary N) is 1. The van der Waals surface area contributed by atoms with Crippen LogP contribution in [0.25, 0.3) is 11.3 Å². The molecule has 2 aromatic rings. The van der Waals surface area contributed by atoms with Crippen molar-refractivity contribution in [1.82, 2.24) is 9.78 Å². The van der Waals surface area contributed by atoms with Gasteiger partial charge in [-0.05, 0) is 31.2 Å². The molecule has 0 atom stereocenters. The van der Waals surface area contributed by atoms with E-state index in [2.05, 4.69) is 5.10 Å². The number of carbonyl (C=O) groups excluding carboxylic acids is 1. The number of anilines is 1. The van der Waals surface area contributed by atoms with Gasteiger partial charge in [0.05, 0.1) is 18.5 Å². The Morgan fingerprint density at radius 2 is 2.22 bits per heavy atom. The first-order valence-corrected chi connectivity index (χ1v) is 5.66. The number of carbonyl (C=O) groups is 1. The Morgan fingerprint density at radius 1 is 1.44 bits per heavy atom. The molecule has 0 radical (unpaired) electrons. The third-order valence-electron chi connectivity index (χ3n) is 2.76. The quantitative estimate of drug-likeness (QED) is 0.660. The molecule has 0 saturated carbocycles. The zero-order valence-electron chi connectivity index (χ0n) is 10.4. The lowest BCUT2D eigenvalue weighted by Gasteiger charge is -2.05. The first kappa shape index (κ1) is 12.2. The number of benzene rings is 1. The highest BCUT2D eigenvalue weighted by molar-refractivity contribution is 5.77. The smallest absolute Gasteiger partial charge is 0.168 e. The van der Waals surface area contributed by atoms with Crippen LogP contribution >= 0.6 is 0 Å². The van der Waals surface area contributed by atoms with Gasteiger partial charge in [-0.2, -0.15) is 5.10 Å². The van der Waals surface area contributed by atoms with E-state index in [1.165, 1.54) is 0 Å². The van der Waals surface area contributed by atoms with Crippen molar-refractivity contribution in [2.24, 2.45) is 0 Å². The van der Waals surface area contributed by atoms with Crippen molar-refractivity contribution in [3.63, 3.8) is 0 Å². The Kier molecular flexibility index (Phi) is 3.32. The zero-order valence-corrected chi connectivity index (χ0v) is 10.4. The second kappa shape index (κ2) is 4.91. The number of rotatable bonds is 4. The van der Waals surface area contributed by atoms with Crippen LogP contribution in [-0.2, 0) is 6.54 Å². The van der Waals surface area contributed by atoms with Crippen LogP contribution < -0.4 is 10.5 Å². The van der Waals surface area contributed by atoms with E-state index < -0.39 is 0 Å². The fourth-order valence-electron chi connectivity index (χ4n) is 1.81. The molecule has 0 amide bonds. The minimum absolute atomic E-state index is 0.550. The first-order chi connectivity index (χ1) is 8.69. The lowest BCUT2D eigenvalue weighted by atomic mass is 10.1. The van der Waals surface area contributed by atoms with E-state index in [1.54, 1.807) is 30.0 Å². The molecule has 1 aromatic heterocycles. The minimum atomic E-state index is 0.550. The number of aryl methyl sites for hydroxylation is 1. The number of nitrogen functional groups attached to an aromatic ring is 1. The van der Waals surface area contributed by atoms with Crippen molar-refractivity contribution < 1.29 is 9.53 Å². The van der Waals surface area contributed by atoms with Crippen LogP contribution in [0.4, 0.5) is 5.69 Å². The summed E-state index contributed by atoms with van der Waals surface area (Å²) in [7, 11) is 1.57. The molecule has 5 heteroatoms. The van der Waals surface area contributed by atoms with Gasteiger partial charge >= 0.3 is 0 Å². The standard InChI is InChI=1S/C13H15N3O2/c1-3-16-10(8-17)7-12(15-16)9-4-5-13(18-2)11(14)6-9/h4-8H,3,14H2,1-2H3. The molecule has 0 fully saturated rings. The number of hydrogen-bond donors (Lipinski definition) is 1. The van der Waals surface area contributed by atoms with E-state index in [9.17, 15) is 4.79 Å². The fraction of sp³-hybridized carbons (Fsp3) is 0.231. The molecule has 18 heavy (non-hydrogen) atoms. The van der Waals surface area contributed by atoms with Crippen LogP contribution in [0, 0.1) is 0 Å². The highest BCUT2D eigenvalue weighted by Crippen LogP contribution is 2.27. The van der Waals surface area contributed by atoms with E-state index in [-0.39, 0.29) is 0 Å². The molecule has 0 unspecified atom stereocenters. The molecule has 1 aromatic carbocycles. The number of aromatic nitrogens is 2. The SMILES string of the molecule is CCn1nc(-c2ccc(OC)c(N)c2)cc1C=O. The average Bonchev–Trinajstić information content (AvgIpc) is 2.81. The van der Waals surface area contributed by atoms with Crippen molar-refractivity contribution in [2.45, 2.75) is 13.5 Å². The van der Waals surface area contributed by atoms with Gasteiger partial charge in [0.2, 0.25) is 0 Å². The summed E-state index contributed by atoms with van der Waals surface area (Å²) in [6, 6.07) is 7.19. The van der Waals surface area contributed by atoms with Gasteiger partial charge < -0.3 is 10.5 Å². The normalized spacial score (nSPS) is 10.3. The molecular weight excluding hydrogens is 230 g/mol. The first-order valence-electron chi connectivity index (χ1n) is 5.66. The van der Waals surface area contributed by atoms with E-state index in [1.807, 2.05) is 13.0 Å². The van der Waals surface area contributed by atoms with Crippen LogP contribution in [0.3, 0.4) is 0 Å². The molecule has 0 aliphatic rings. The summed E-state index contributed by atoms with van der Waals surface area (Å²) in [6.45, 7) is 2.59. The molecule has 1 heterocycles. The highest BCUT2D eigenvalue weighted by Gasteiger charge is 2.09.